The normalized spacial score (nSPS) is 19.3. The lowest BCUT2D eigenvalue weighted by Crippen LogP contribution is -2.32. The van der Waals surface area contributed by atoms with E-state index in [1.165, 1.54) is 31.5 Å². The average Bonchev–Trinajstić information content (AvgIpc) is 2.30. The van der Waals surface area contributed by atoms with Crippen LogP contribution in [0.5, 0.6) is 0 Å². The van der Waals surface area contributed by atoms with E-state index in [0.717, 1.165) is 6.54 Å². The molecule has 2 rings (SSSR count). The Kier molecular flexibility index (Phi) is 3.37. The second kappa shape index (κ2) is 4.75. The molecule has 1 fully saturated rings. The molecule has 1 aliphatic heterocycles. The Balaban J connectivity index is 1.98. The first-order valence-electron chi connectivity index (χ1n) is 5.77. The molecule has 0 unspecified atom stereocenters. The fraction of sp³-hybridized carbons (Fsp3) is 0.538. The second-order valence-corrected chi connectivity index (χ2v) is 4.26. The largest absolute Gasteiger partial charge is 0.304 e. The van der Waals surface area contributed by atoms with Crippen molar-refractivity contribution in [2.75, 3.05) is 19.6 Å². The van der Waals surface area contributed by atoms with Crippen LogP contribution in [0.2, 0.25) is 0 Å². The molecule has 0 saturated carbocycles. The molecule has 0 aliphatic carbocycles. The fourth-order valence-electron chi connectivity index (χ4n) is 2.32. The predicted octanol–water partition coefficient (Wildman–Crippen LogP) is 3.03. The van der Waals surface area contributed by atoms with Gasteiger partial charge in [0.25, 0.3) is 0 Å². The molecule has 0 spiro atoms. The van der Waals surface area contributed by atoms with E-state index < -0.39 is 0 Å². The minimum atomic E-state index is -0.134. The van der Waals surface area contributed by atoms with Gasteiger partial charge in [0.05, 0.1) is 0 Å². The highest BCUT2D eigenvalue weighted by molar-refractivity contribution is 5.20. The van der Waals surface area contributed by atoms with Gasteiger partial charge in [-0.15, -0.1) is 0 Å². The minimum Gasteiger partial charge on any atom is -0.304 e. The molecule has 1 aliphatic rings. The molecule has 0 atom stereocenters. The Morgan fingerprint density at radius 2 is 1.80 bits per heavy atom. The number of halogens is 1. The fourth-order valence-corrected chi connectivity index (χ4v) is 2.32. The van der Waals surface area contributed by atoms with Gasteiger partial charge in [-0.1, -0.05) is 19.1 Å². The summed E-state index contributed by atoms with van der Waals surface area (Å²) in [6.07, 6.45) is 2.42. The molecule has 2 heteroatoms. The van der Waals surface area contributed by atoms with E-state index in [-0.39, 0.29) is 5.82 Å². The van der Waals surface area contributed by atoms with Gasteiger partial charge < -0.3 is 4.90 Å². The molecule has 1 nitrogen and oxygen atoms in total. The van der Waals surface area contributed by atoms with Crippen molar-refractivity contribution in [3.8, 4) is 0 Å². The summed E-state index contributed by atoms with van der Waals surface area (Å²) in [5.74, 6) is 0.498. The lowest BCUT2D eigenvalue weighted by atomic mass is 9.89. The monoisotopic (exact) mass is 207 g/mol. The van der Waals surface area contributed by atoms with Crippen molar-refractivity contribution < 1.29 is 4.39 Å². The smallest absolute Gasteiger partial charge is 0.123 e. The van der Waals surface area contributed by atoms with Gasteiger partial charge in [-0.3, -0.25) is 0 Å². The maximum Gasteiger partial charge on any atom is 0.123 e. The summed E-state index contributed by atoms with van der Waals surface area (Å²) in [5, 5.41) is 0. The molecule has 15 heavy (non-hydrogen) atoms. The Bertz CT molecular complexity index is 299. The summed E-state index contributed by atoms with van der Waals surface area (Å²) >= 11 is 0. The van der Waals surface area contributed by atoms with Crippen LogP contribution in [-0.2, 0) is 0 Å². The third-order valence-corrected chi connectivity index (χ3v) is 3.38. The standard InChI is InChI=1S/C13H18FN/c1-2-15-9-7-12(8-10-15)11-3-5-13(14)6-4-11/h3-6,12H,2,7-10H2,1H3. The number of piperidine rings is 1. The van der Waals surface area contributed by atoms with Crippen molar-refractivity contribution in [2.45, 2.75) is 25.7 Å². The van der Waals surface area contributed by atoms with Gasteiger partial charge in [0.1, 0.15) is 5.82 Å². The van der Waals surface area contributed by atoms with Crippen molar-refractivity contribution in [1.29, 1.82) is 0 Å². The third-order valence-electron chi connectivity index (χ3n) is 3.38. The second-order valence-electron chi connectivity index (χ2n) is 4.26. The number of rotatable bonds is 2. The van der Waals surface area contributed by atoms with E-state index in [1.807, 2.05) is 12.1 Å². The van der Waals surface area contributed by atoms with E-state index in [2.05, 4.69) is 11.8 Å². The highest BCUT2D eigenvalue weighted by atomic mass is 19.1. The molecule has 0 amide bonds. The zero-order chi connectivity index (χ0) is 10.7. The molecule has 0 radical (unpaired) electrons. The SMILES string of the molecule is CCN1CCC(c2ccc(F)cc2)CC1. The van der Waals surface area contributed by atoms with Crippen molar-refractivity contribution in [3.05, 3.63) is 35.6 Å². The molecular formula is C13H18FN. The quantitative estimate of drug-likeness (QED) is 0.720. The van der Waals surface area contributed by atoms with Gasteiger partial charge in [0, 0.05) is 0 Å². The number of hydrogen-bond donors (Lipinski definition) is 0. The summed E-state index contributed by atoms with van der Waals surface area (Å²) in [5.41, 5.74) is 1.30. The van der Waals surface area contributed by atoms with Crippen molar-refractivity contribution >= 4 is 0 Å². The Labute approximate surface area is 90.9 Å². The van der Waals surface area contributed by atoms with Crippen LogP contribution < -0.4 is 0 Å². The van der Waals surface area contributed by atoms with Gasteiger partial charge >= 0.3 is 0 Å². The summed E-state index contributed by atoms with van der Waals surface area (Å²) in [7, 11) is 0. The molecule has 0 aromatic heterocycles. The van der Waals surface area contributed by atoms with Crippen LogP contribution in [0, 0.1) is 5.82 Å². The molecule has 1 aromatic rings. The van der Waals surface area contributed by atoms with E-state index in [0.29, 0.717) is 5.92 Å². The maximum atomic E-state index is 12.8. The molecule has 0 bridgehead atoms. The van der Waals surface area contributed by atoms with Crippen LogP contribution in [0.15, 0.2) is 24.3 Å². The maximum absolute atomic E-state index is 12.8. The van der Waals surface area contributed by atoms with Crippen LogP contribution in [0.25, 0.3) is 0 Å². The van der Waals surface area contributed by atoms with Gasteiger partial charge in [-0.05, 0) is 56.1 Å². The lowest BCUT2D eigenvalue weighted by molar-refractivity contribution is 0.222. The molecule has 1 saturated heterocycles. The number of benzene rings is 1. The summed E-state index contributed by atoms with van der Waals surface area (Å²) in [4.78, 5) is 2.47. The number of nitrogens with zero attached hydrogens (tertiary/aromatic N) is 1. The zero-order valence-corrected chi connectivity index (χ0v) is 9.25. The van der Waals surface area contributed by atoms with Gasteiger partial charge in [-0.2, -0.15) is 0 Å². The number of hydrogen-bond acceptors (Lipinski definition) is 1. The molecule has 82 valence electrons. The molecule has 1 heterocycles. The molecule has 1 aromatic carbocycles. The first-order valence-corrected chi connectivity index (χ1v) is 5.77. The highest BCUT2D eigenvalue weighted by Crippen LogP contribution is 2.27. The van der Waals surface area contributed by atoms with Crippen LogP contribution >= 0.6 is 0 Å². The van der Waals surface area contributed by atoms with Crippen LogP contribution in [-0.4, -0.2) is 24.5 Å². The van der Waals surface area contributed by atoms with E-state index in [1.54, 1.807) is 12.1 Å². The van der Waals surface area contributed by atoms with Crippen LogP contribution in [0.4, 0.5) is 4.39 Å². The lowest BCUT2D eigenvalue weighted by Gasteiger charge is -2.31. The van der Waals surface area contributed by atoms with E-state index in [4.69, 9.17) is 0 Å². The van der Waals surface area contributed by atoms with Crippen LogP contribution in [0.1, 0.15) is 31.2 Å². The highest BCUT2D eigenvalue weighted by Gasteiger charge is 2.19. The van der Waals surface area contributed by atoms with Crippen LogP contribution in [0.3, 0.4) is 0 Å². The number of likely N-dealkylation sites (tertiary alicyclic amines) is 1. The predicted molar refractivity (Wildman–Crippen MR) is 60.5 cm³/mol. The molecular weight excluding hydrogens is 189 g/mol. The van der Waals surface area contributed by atoms with Crippen molar-refractivity contribution in [3.63, 3.8) is 0 Å². The first-order chi connectivity index (χ1) is 7.29. The minimum absolute atomic E-state index is 0.134. The molecule has 0 N–H and O–H groups in total. The Morgan fingerprint density at radius 3 is 2.33 bits per heavy atom. The van der Waals surface area contributed by atoms with Crippen molar-refractivity contribution in [2.24, 2.45) is 0 Å². The van der Waals surface area contributed by atoms with Gasteiger partial charge in [0.2, 0.25) is 0 Å². The third kappa shape index (κ3) is 2.57. The topological polar surface area (TPSA) is 3.24 Å². The van der Waals surface area contributed by atoms with Crippen molar-refractivity contribution in [1.82, 2.24) is 4.90 Å². The summed E-state index contributed by atoms with van der Waals surface area (Å²) in [6.45, 7) is 5.71. The van der Waals surface area contributed by atoms with Gasteiger partial charge in [-0.25, -0.2) is 4.39 Å². The zero-order valence-electron chi connectivity index (χ0n) is 9.25. The summed E-state index contributed by atoms with van der Waals surface area (Å²) in [6, 6.07) is 7.01. The van der Waals surface area contributed by atoms with E-state index in [9.17, 15) is 4.39 Å². The Hall–Kier alpha value is -0.890. The summed E-state index contributed by atoms with van der Waals surface area (Å²) < 4.78 is 12.8. The van der Waals surface area contributed by atoms with E-state index >= 15 is 0 Å². The first kappa shape index (κ1) is 10.6. The van der Waals surface area contributed by atoms with Gasteiger partial charge in [0.15, 0.2) is 0 Å². The Morgan fingerprint density at radius 1 is 1.20 bits per heavy atom. The average molecular weight is 207 g/mol.